The highest BCUT2D eigenvalue weighted by Gasteiger charge is 2.22. The smallest absolute Gasteiger partial charge is 0.0364 e. The van der Waals surface area contributed by atoms with Crippen molar-refractivity contribution in [1.82, 2.24) is 10.2 Å². The maximum atomic E-state index is 3.27. The SMILES string of the molecule is CNC(C)c1ccc(N(C)CC2CCCN2C)cc1. The quantitative estimate of drug-likeness (QED) is 0.878. The third-order valence-electron chi connectivity index (χ3n) is 4.42. The molecule has 0 aliphatic carbocycles. The molecule has 3 heteroatoms. The lowest BCUT2D eigenvalue weighted by Crippen LogP contribution is -2.36. The Morgan fingerprint density at radius 2 is 2.05 bits per heavy atom. The minimum absolute atomic E-state index is 0.417. The van der Waals surface area contributed by atoms with Crippen LogP contribution in [0.4, 0.5) is 5.69 Å². The van der Waals surface area contributed by atoms with Gasteiger partial charge in [-0.1, -0.05) is 12.1 Å². The fraction of sp³-hybridized carbons (Fsp3) is 0.625. The van der Waals surface area contributed by atoms with Gasteiger partial charge in [0.1, 0.15) is 0 Å². The minimum atomic E-state index is 0.417. The number of rotatable bonds is 5. The van der Waals surface area contributed by atoms with Crippen LogP contribution in [-0.4, -0.2) is 45.2 Å². The lowest BCUT2D eigenvalue weighted by atomic mass is 10.1. The van der Waals surface area contributed by atoms with Crippen molar-refractivity contribution in [3.63, 3.8) is 0 Å². The van der Waals surface area contributed by atoms with Crippen molar-refractivity contribution in [2.75, 3.05) is 39.1 Å². The Kier molecular flexibility index (Phi) is 4.83. The first-order chi connectivity index (χ1) is 9.11. The fourth-order valence-corrected chi connectivity index (χ4v) is 2.82. The Balaban J connectivity index is 1.97. The van der Waals surface area contributed by atoms with Gasteiger partial charge < -0.3 is 15.1 Å². The van der Waals surface area contributed by atoms with Gasteiger partial charge in [-0.25, -0.2) is 0 Å². The largest absolute Gasteiger partial charge is 0.373 e. The number of likely N-dealkylation sites (tertiary alicyclic amines) is 1. The minimum Gasteiger partial charge on any atom is -0.373 e. The first-order valence-electron chi connectivity index (χ1n) is 7.30. The zero-order chi connectivity index (χ0) is 13.8. The number of hydrogen-bond acceptors (Lipinski definition) is 3. The molecule has 0 amide bonds. The summed E-state index contributed by atoms with van der Waals surface area (Å²) in [5.74, 6) is 0. The fourth-order valence-electron chi connectivity index (χ4n) is 2.82. The van der Waals surface area contributed by atoms with Crippen LogP contribution >= 0.6 is 0 Å². The molecule has 1 aromatic carbocycles. The summed E-state index contributed by atoms with van der Waals surface area (Å²) in [7, 11) is 6.44. The van der Waals surface area contributed by atoms with E-state index in [0.717, 1.165) is 6.54 Å². The highest BCUT2D eigenvalue weighted by atomic mass is 15.2. The van der Waals surface area contributed by atoms with Crippen molar-refractivity contribution in [2.24, 2.45) is 0 Å². The van der Waals surface area contributed by atoms with Crippen molar-refractivity contribution in [3.8, 4) is 0 Å². The van der Waals surface area contributed by atoms with Gasteiger partial charge in [-0.2, -0.15) is 0 Å². The number of anilines is 1. The summed E-state index contributed by atoms with van der Waals surface area (Å²) in [6.07, 6.45) is 2.67. The molecule has 1 heterocycles. The van der Waals surface area contributed by atoms with Crippen LogP contribution in [-0.2, 0) is 0 Å². The van der Waals surface area contributed by atoms with Gasteiger partial charge in [0.05, 0.1) is 0 Å². The van der Waals surface area contributed by atoms with Crippen LogP contribution in [0.15, 0.2) is 24.3 Å². The number of nitrogens with zero attached hydrogens (tertiary/aromatic N) is 2. The topological polar surface area (TPSA) is 18.5 Å². The van der Waals surface area contributed by atoms with Gasteiger partial charge in [-0.15, -0.1) is 0 Å². The van der Waals surface area contributed by atoms with E-state index in [9.17, 15) is 0 Å². The Morgan fingerprint density at radius 1 is 1.37 bits per heavy atom. The first kappa shape index (κ1) is 14.4. The summed E-state index contributed by atoms with van der Waals surface area (Å²) in [6.45, 7) is 4.56. The van der Waals surface area contributed by atoms with Gasteiger partial charge in [0.2, 0.25) is 0 Å². The molecule has 0 radical (unpaired) electrons. The molecule has 2 unspecified atom stereocenters. The van der Waals surface area contributed by atoms with Crippen LogP contribution in [0.1, 0.15) is 31.4 Å². The zero-order valence-corrected chi connectivity index (χ0v) is 12.7. The van der Waals surface area contributed by atoms with Gasteiger partial charge in [0, 0.05) is 31.4 Å². The van der Waals surface area contributed by atoms with Gasteiger partial charge in [-0.05, 0) is 58.1 Å². The number of hydrogen-bond donors (Lipinski definition) is 1. The summed E-state index contributed by atoms with van der Waals surface area (Å²) >= 11 is 0. The van der Waals surface area contributed by atoms with Crippen LogP contribution in [0, 0.1) is 0 Å². The highest BCUT2D eigenvalue weighted by molar-refractivity contribution is 5.47. The molecule has 1 saturated heterocycles. The van der Waals surface area contributed by atoms with E-state index in [4.69, 9.17) is 0 Å². The molecule has 106 valence electrons. The predicted octanol–water partition coefficient (Wildman–Crippen LogP) is 2.50. The molecular formula is C16H27N3. The zero-order valence-electron chi connectivity index (χ0n) is 12.7. The Morgan fingerprint density at radius 3 is 2.58 bits per heavy atom. The predicted molar refractivity (Wildman–Crippen MR) is 82.8 cm³/mol. The number of nitrogens with one attached hydrogen (secondary N) is 1. The summed E-state index contributed by atoms with van der Waals surface area (Å²) in [4.78, 5) is 4.86. The molecule has 0 saturated carbocycles. The maximum Gasteiger partial charge on any atom is 0.0364 e. The van der Waals surface area contributed by atoms with E-state index in [0.29, 0.717) is 12.1 Å². The van der Waals surface area contributed by atoms with E-state index in [1.54, 1.807) is 0 Å². The van der Waals surface area contributed by atoms with Gasteiger partial charge in [0.15, 0.2) is 0 Å². The van der Waals surface area contributed by atoms with Gasteiger partial charge in [-0.3, -0.25) is 0 Å². The summed E-state index contributed by atoms with van der Waals surface area (Å²) in [5.41, 5.74) is 2.66. The second-order valence-corrected chi connectivity index (χ2v) is 5.76. The molecule has 0 aromatic heterocycles. The molecule has 1 fully saturated rings. The lowest BCUT2D eigenvalue weighted by Gasteiger charge is -2.27. The van der Waals surface area contributed by atoms with Crippen molar-refractivity contribution in [2.45, 2.75) is 31.8 Å². The summed E-state index contributed by atoms with van der Waals surface area (Å²) in [6, 6.07) is 10.0. The molecule has 3 nitrogen and oxygen atoms in total. The van der Waals surface area contributed by atoms with Crippen LogP contribution < -0.4 is 10.2 Å². The Hall–Kier alpha value is -1.06. The van der Waals surface area contributed by atoms with E-state index in [2.05, 4.69) is 60.4 Å². The lowest BCUT2D eigenvalue weighted by molar-refractivity contribution is 0.314. The van der Waals surface area contributed by atoms with Crippen molar-refractivity contribution >= 4 is 5.69 Å². The molecule has 1 N–H and O–H groups in total. The average Bonchev–Trinajstić information content (AvgIpc) is 2.83. The second-order valence-electron chi connectivity index (χ2n) is 5.76. The van der Waals surface area contributed by atoms with Crippen LogP contribution in [0.3, 0.4) is 0 Å². The molecule has 1 aliphatic heterocycles. The third kappa shape index (κ3) is 3.48. The average molecular weight is 261 g/mol. The first-order valence-corrected chi connectivity index (χ1v) is 7.30. The molecule has 2 rings (SSSR count). The molecule has 0 spiro atoms. The van der Waals surface area contributed by atoms with E-state index in [-0.39, 0.29) is 0 Å². The van der Waals surface area contributed by atoms with Gasteiger partial charge in [0.25, 0.3) is 0 Å². The highest BCUT2D eigenvalue weighted by Crippen LogP contribution is 2.21. The van der Waals surface area contributed by atoms with Crippen LogP contribution in [0.5, 0.6) is 0 Å². The third-order valence-corrected chi connectivity index (χ3v) is 4.42. The Labute approximate surface area is 117 Å². The maximum absolute atomic E-state index is 3.27. The Bertz CT molecular complexity index is 387. The van der Waals surface area contributed by atoms with Gasteiger partial charge >= 0.3 is 0 Å². The number of likely N-dealkylation sites (N-methyl/N-ethyl adjacent to an activating group) is 2. The molecule has 1 aliphatic rings. The molecule has 2 atom stereocenters. The van der Waals surface area contributed by atoms with E-state index < -0.39 is 0 Å². The molecule has 19 heavy (non-hydrogen) atoms. The number of benzene rings is 1. The normalized spacial score (nSPS) is 21.6. The standard InChI is InChI=1S/C16H27N3/c1-13(17-2)14-7-9-15(10-8-14)19(4)12-16-6-5-11-18(16)3/h7-10,13,16-17H,5-6,11-12H2,1-4H3. The second kappa shape index (κ2) is 6.40. The van der Waals surface area contributed by atoms with E-state index in [1.807, 2.05) is 7.05 Å². The summed E-state index contributed by atoms with van der Waals surface area (Å²) < 4.78 is 0. The van der Waals surface area contributed by atoms with Crippen molar-refractivity contribution in [1.29, 1.82) is 0 Å². The van der Waals surface area contributed by atoms with E-state index >= 15 is 0 Å². The monoisotopic (exact) mass is 261 g/mol. The molecular weight excluding hydrogens is 234 g/mol. The van der Waals surface area contributed by atoms with Crippen LogP contribution in [0.2, 0.25) is 0 Å². The van der Waals surface area contributed by atoms with Crippen LogP contribution in [0.25, 0.3) is 0 Å². The van der Waals surface area contributed by atoms with Crippen molar-refractivity contribution < 1.29 is 0 Å². The summed E-state index contributed by atoms with van der Waals surface area (Å²) in [5, 5.41) is 3.27. The van der Waals surface area contributed by atoms with Crippen molar-refractivity contribution in [3.05, 3.63) is 29.8 Å². The molecule has 1 aromatic rings. The molecule has 0 bridgehead atoms. The van der Waals surface area contributed by atoms with E-state index in [1.165, 1.54) is 30.6 Å².